The van der Waals surface area contributed by atoms with E-state index in [2.05, 4.69) is 20.2 Å². The molecule has 0 radical (unpaired) electrons. The van der Waals surface area contributed by atoms with E-state index in [4.69, 9.17) is 0 Å². The minimum absolute atomic E-state index is 0.00662. The van der Waals surface area contributed by atoms with Gasteiger partial charge in [0.05, 0.1) is 11.0 Å². The Balaban J connectivity index is 1.71. The van der Waals surface area contributed by atoms with Crippen molar-refractivity contribution in [2.75, 3.05) is 0 Å². The molecule has 1 heterocycles. The van der Waals surface area contributed by atoms with Crippen LogP contribution in [0.25, 0.3) is 11.4 Å². The number of nitrogens with one attached hydrogen (secondary N) is 1. The van der Waals surface area contributed by atoms with E-state index in [0.29, 0.717) is 17.5 Å². The van der Waals surface area contributed by atoms with Crippen molar-refractivity contribution >= 4 is 12.2 Å². The van der Waals surface area contributed by atoms with Crippen molar-refractivity contribution in [3.8, 4) is 11.4 Å². The highest BCUT2D eigenvalue weighted by atomic mass is 19.4. The molecule has 0 saturated heterocycles. The normalized spacial score (nSPS) is 13.5. The monoisotopic (exact) mass is 532 g/mol. The Hall–Kier alpha value is -4.66. The maximum atomic E-state index is 14.7. The summed E-state index contributed by atoms with van der Waals surface area (Å²) < 4.78 is 69.9. The second kappa shape index (κ2) is 10.6. The predicted molar refractivity (Wildman–Crippen MR) is 139 cm³/mol. The van der Waals surface area contributed by atoms with E-state index >= 15 is 0 Å². The number of aliphatic imine (C=N–C) groups is 1. The fourth-order valence-corrected chi connectivity index (χ4v) is 4.45. The number of hydrogen-bond donors (Lipinski definition) is 1. The lowest BCUT2D eigenvalue weighted by Gasteiger charge is -2.32. The summed E-state index contributed by atoms with van der Waals surface area (Å²) >= 11 is 0. The number of benzene rings is 4. The molecule has 4 nitrogen and oxygen atoms in total. The molecule has 0 aliphatic heterocycles. The quantitative estimate of drug-likeness (QED) is 0.173. The Morgan fingerprint density at radius 2 is 1.36 bits per heavy atom. The van der Waals surface area contributed by atoms with Crippen LogP contribution in [0.15, 0.2) is 108 Å². The lowest BCUT2D eigenvalue weighted by atomic mass is 9.71. The average molecular weight is 533 g/mol. The third kappa shape index (κ3) is 5.77. The maximum Gasteiger partial charge on any atom is 0.416 e. The SMILES string of the molecule is Fc1ccc([C@@](/C=N\c2n[nH]c(-c3ccccc3)n2)(Cc2ccccc2)c2cc(F)cc(C(F)(F)F)c2)cc1. The molecular formula is C30H21F5N4. The summed E-state index contributed by atoms with van der Waals surface area (Å²) in [5.41, 5.74) is -0.673. The molecule has 9 heteroatoms. The Morgan fingerprint density at radius 3 is 2.03 bits per heavy atom. The molecule has 39 heavy (non-hydrogen) atoms. The Bertz CT molecular complexity index is 1580. The fourth-order valence-electron chi connectivity index (χ4n) is 4.45. The minimum atomic E-state index is -4.79. The van der Waals surface area contributed by atoms with Crippen molar-refractivity contribution in [1.29, 1.82) is 0 Å². The van der Waals surface area contributed by atoms with Crippen molar-refractivity contribution < 1.29 is 22.0 Å². The van der Waals surface area contributed by atoms with E-state index in [1.807, 2.05) is 30.3 Å². The molecule has 5 rings (SSSR count). The van der Waals surface area contributed by atoms with Gasteiger partial charge in [-0.3, -0.25) is 5.10 Å². The first-order chi connectivity index (χ1) is 18.7. The molecule has 0 amide bonds. The van der Waals surface area contributed by atoms with E-state index in [9.17, 15) is 22.0 Å². The summed E-state index contributed by atoms with van der Waals surface area (Å²) in [6, 6.07) is 25.9. The Kier molecular flexibility index (Phi) is 7.06. The maximum absolute atomic E-state index is 14.7. The Morgan fingerprint density at radius 1 is 0.718 bits per heavy atom. The molecule has 0 unspecified atom stereocenters. The van der Waals surface area contributed by atoms with Crippen LogP contribution in [0.4, 0.5) is 27.9 Å². The molecule has 0 saturated carbocycles. The zero-order valence-corrected chi connectivity index (χ0v) is 20.3. The number of halogens is 5. The number of aromatic nitrogens is 3. The summed E-state index contributed by atoms with van der Waals surface area (Å²) in [5.74, 6) is -1.11. The highest BCUT2D eigenvalue weighted by Gasteiger charge is 2.38. The lowest BCUT2D eigenvalue weighted by molar-refractivity contribution is -0.137. The zero-order chi connectivity index (χ0) is 27.5. The van der Waals surface area contributed by atoms with Gasteiger partial charge in [0.2, 0.25) is 0 Å². The summed E-state index contributed by atoms with van der Waals surface area (Å²) in [6.45, 7) is 0. The van der Waals surface area contributed by atoms with E-state index in [1.165, 1.54) is 30.5 Å². The highest BCUT2D eigenvalue weighted by Crippen LogP contribution is 2.39. The highest BCUT2D eigenvalue weighted by molar-refractivity contribution is 5.81. The second-order valence-electron chi connectivity index (χ2n) is 8.98. The number of rotatable bonds is 7. The molecule has 0 fully saturated rings. The van der Waals surface area contributed by atoms with E-state index < -0.39 is 28.8 Å². The van der Waals surface area contributed by atoms with Crippen LogP contribution in [0.2, 0.25) is 0 Å². The van der Waals surface area contributed by atoms with Crippen LogP contribution >= 0.6 is 0 Å². The first-order valence-electron chi connectivity index (χ1n) is 11.9. The molecule has 1 N–H and O–H groups in total. The van der Waals surface area contributed by atoms with E-state index in [-0.39, 0.29) is 17.9 Å². The van der Waals surface area contributed by atoms with Gasteiger partial charge >= 0.3 is 6.18 Å². The van der Waals surface area contributed by atoms with Gasteiger partial charge in [-0.15, -0.1) is 5.10 Å². The number of alkyl halides is 3. The van der Waals surface area contributed by atoms with Crippen molar-refractivity contribution in [1.82, 2.24) is 15.2 Å². The van der Waals surface area contributed by atoms with Gasteiger partial charge in [-0.2, -0.15) is 18.2 Å². The first-order valence-corrected chi connectivity index (χ1v) is 11.9. The molecule has 0 aliphatic rings. The van der Waals surface area contributed by atoms with Gasteiger partial charge in [-0.25, -0.2) is 13.8 Å². The van der Waals surface area contributed by atoms with Crippen LogP contribution in [0, 0.1) is 11.6 Å². The summed E-state index contributed by atoms with van der Waals surface area (Å²) in [5, 5.41) is 6.93. The standard InChI is InChI=1S/C30H21F5N4/c31-25-13-11-22(12-14-25)29(18-20-7-3-1-4-8-20,23-15-24(30(33,34)35)17-26(32)16-23)19-36-28-37-27(38-39-28)21-9-5-2-6-10-21/h1-17,19H,18H2,(H,37,38,39)/b36-19-/t29-/m0/s1. The van der Waals surface area contributed by atoms with Crippen LogP contribution < -0.4 is 0 Å². The second-order valence-corrected chi connectivity index (χ2v) is 8.98. The average Bonchev–Trinajstić information content (AvgIpc) is 3.41. The van der Waals surface area contributed by atoms with Gasteiger partial charge < -0.3 is 0 Å². The molecule has 1 aromatic heterocycles. The van der Waals surface area contributed by atoms with Gasteiger partial charge in [-0.1, -0.05) is 72.8 Å². The summed E-state index contributed by atoms with van der Waals surface area (Å²) in [7, 11) is 0. The van der Waals surface area contributed by atoms with Gasteiger partial charge in [0.25, 0.3) is 5.95 Å². The lowest BCUT2D eigenvalue weighted by Crippen LogP contribution is -2.33. The zero-order valence-electron chi connectivity index (χ0n) is 20.3. The van der Waals surface area contributed by atoms with Crippen LogP contribution in [0.1, 0.15) is 22.3 Å². The van der Waals surface area contributed by atoms with Crippen LogP contribution in [-0.2, 0) is 18.0 Å². The third-order valence-electron chi connectivity index (χ3n) is 6.35. The molecule has 4 aromatic carbocycles. The van der Waals surface area contributed by atoms with E-state index in [1.54, 1.807) is 30.3 Å². The molecule has 0 aliphatic carbocycles. The minimum Gasteiger partial charge on any atom is -0.257 e. The number of nitrogens with zero attached hydrogens (tertiary/aromatic N) is 3. The van der Waals surface area contributed by atoms with Crippen molar-refractivity contribution in [2.45, 2.75) is 18.0 Å². The van der Waals surface area contributed by atoms with Gasteiger partial charge in [0, 0.05) is 11.8 Å². The number of aromatic amines is 1. The topological polar surface area (TPSA) is 53.9 Å². The van der Waals surface area contributed by atoms with Gasteiger partial charge in [0.1, 0.15) is 11.6 Å². The van der Waals surface area contributed by atoms with Crippen LogP contribution in [0.3, 0.4) is 0 Å². The Labute approximate surface area is 220 Å². The smallest absolute Gasteiger partial charge is 0.257 e. The van der Waals surface area contributed by atoms with Crippen molar-refractivity contribution in [2.24, 2.45) is 4.99 Å². The largest absolute Gasteiger partial charge is 0.416 e. The molecular weight excluding hydrogens is 511 g/mol. The molecule has 196 valence electrons. The third-order valence-corrected chi connectivity index (χ3v) is 6.35. The molecule has 5 aromatic rings. The fraction of sp³-hybridized carbons (Fsp3) is 0.100. The number of H-pyrrole nitrogens is 1. The molecule has 0 bridgehead atoms. The van der Waals surface area contributed by atoms with Crippen molar-refractivity contribution in [3.05, 3.63) is 137 Å². The molecule has 0 spiro atoms. The first kappa shape index (κ1) is 26.0. The van der Waals surface area contributed by atoms with Gasteiger partial charge in [0.15, 0.2) is 5.82 Å². The number of hydrogen-bond acceptors (Lipinski definition) is 3. The van der Waals surface area contributed by atoms with Gasteiger partial charge in [-0.05, 0) is 53.4 Å². The molecule has 1 atom stereocenters. The van der Waals surface area contributed by atoms with Crippen LogP contribution in [-0.4, -0.2) is 21.4 Å². The predicted octanol–water partition coefficient (Wildman–Crippen LogP) is 7.70. The van der Waals surface area contributed by atoms with Crippen molar-refractivity contribution in [3.63, 3.8) is 0 Å². The van der Waals surface area contributed by atoms with Crippen LogP contribution in [0.5, 0.6) is 0 Å². The van der Waals surface area contributed by atoms with E-state index in [0.717, 1.165) is 23.3 Å². The summed E-state index contributed by atoms with van der Waals surface area (Å²) in [4.78, 5) is 8.83. The summed E-state index contributed by atoms with van der Waals surface area (Å²) in [6.07, 6.45) is -3.29.